The molecule has 1 aliphatic rings. The number of aliphatic carboxylic acids is 1. The Labute approximate surface area is 176 Å². The third-order valence-corrected chi connectivity index (χ3v) is 5.32. The summed E-state index contributed by atoms with van der Waals surface area (Å²) in [5.41, 5.74) is -0.797. The highest BCUT2D eigenvalue weighted by atomic mass is 16.4. The Kier molecular flexibility index (Phi) is 11.0. The van der Waals surface area contributed by atoms with Gasteiger partial charge in [0.05, 0.1) is 18.8 Å². The summed E-state index contributed by atoms with van der Waals surface area (Å²) in [7, 11) is 5.40. The molecule has 0 bridgehead atoms. The molecule has 1 saturated heterocycles. The van der Waals surface area contributed by atoms with Crippen molar-refractivity contribution in [1.82, 2.24) is 19.6 Å². The number of ketones is 1. The molecular formula is C20H37BN4O4. The van der Waals surface area contributed by atoms with Crippen molar-refractivity contribution in [3.05, 3.63) is 0 Å². The first-order valence-corrected chi connectivity index (χ1v) is 10.4. The van der Waals surface area contributed by atoms with Crippen molar-refractivity contribution in [2.75, 3.05) is 78.5 Å². The predicted octanol–water partition coefficient (Wildman–Crippen LogP) is -0.377. The van der Waals surface area contributed by atoms with Crippen molar-refractivity contribution in [2.45, 2.75) is 27.7 Å². The van der Waals surface area contributed by atoms with Gasteiger partial charge in [-0.15, -0.1) is 0 Å². The number of hydrogen-bond donors (Lipinski definition) is 1. The first-order valence-electron chi connectivity index (χ1n) is 10.4. The summed E-state index contributed by atoms with van der Waals surface area (Å²) in [5.74, 6) is -0.657. The summed E-state index contributed by atoms with van der Waals surface area (Å²) in [6, 6.07) is 0. The molecule has 164 valence electrons. The van der Waals surface area contributed by atoms with Crippen LogP contribution in [0.4, 0.5) is 0 Å². The van der Waals surface area contributed by atoms with Gasteiger partial charge in [0.1, 0.15) is 0 Å². The molecule has 0 saturated carbocycles. The van der Waals surface area contributed by atoms with E-state index in [2.05, 4.69) is 16.7 Å². The molecule has 0 amide bonds. The molecule has 0 aliphatic carbocycles. The fourth-order valence-corrected chi connectivity index (χ4v) is 3.22. The molecule has 0 aromatic carbocycles. The van der Waals surface area contributed by atoms with Gasteiger partial charge in [-0.2, -0.15) is 0 Å². The molecule has 0 aromatic heterocycles. The maximum atomic E-state index is 12.6. The normalized spacial score (nSPS) is 20.0. The number of hydrogen-bond acceptors (Lipinski definition) is 7. The van der Waals surface area contributed by atoms with E-state index in [1.54, 1.807) is 0 Å². The lowest BCUT2D eigenvalue weighted by Crippen LogP contribution is -2.49. The van der Waals surface area contributed by atoms with Crippen LogP contribution in [0.25, 0.3) is 0 Å². The van der Waals surface area contributed by atoms with Crippen molar-refractivity contribution in [3.8, 4) is 0 Å². The van der Waals surface area contributed by atoms with Crippen LogP contribution in [0.2, 0.25) is 0 Å². The van der Waals surface area contributed by atoms with Crippen LogP contribution in [0, 0.1) is 5.41 Å². The molecule has 0 unspecified atom stereocenters. The number of likely N-dealkylation sites (N-methyl/N-ethyl adjacent to an activating group) is 1. The molecule has 0 aromatic rings. The van der Waals surface area contributed by atoms with Crippen LogP contribution in [-0.2, 0) is 14.4 Å². The third kappa shape index (κ3) is 10.9. The second-order valence-electron chi connectivity index (χ2n) is 8.80. The fraction of sp³-hybridized carbons (Fsp3) is 0.850. The second-order valence-corrected chi connectivity index (χ2v) is 8.80. The molecule has 0 atom stereocenters. The maximum absolute atomic E-state index is 12.6. The van der Waals surface area contributed by atoms with Gasteiger partial charge < -0.3 is 14.8 Å². The van der Waals surface area contributed by atoms with Crippen molar-refractivity contribution in [2.24, 2.45) is 5.41 Å². The van der Waals surface area contributed by atoms with Crippen LogP contribution >= 0.6 is 0 Å². The Bertz CT molecular complexity index is 553. The van der Waals surface area contributed by atoms with Gasteiger partial charge in [0.25, 0.3) is 0 Å². The average molecular weight is 408 g/mol. The summed E-state index contributed by atoms with van der Waals surface area (Å²) in [4.78, 5) is 43.5. The lowest BCUT2D eigenvalue weighted by molar-refractivity contribution is -0.138. The highest BCUT2D eigenvalue weighted by Crippen LogP contribution is 2.15. The number of carboxylic acids is 1. The summed E-state index contributed by atoms with van der Waals surface area (Å²) >= 11 is 0. The Morgan fingerprint density at radius 2 is 1.14 bits per heavy atom. The fourth-order valence-electron chi connectivity index (χ4n) is 3.22. The topological polar surface area (TPSA) is 84.4 Å². The molecule has 8 nitrogen and oxygen atoms in total. The van der Waals surface area contributed by atoms with Gasteiger partial charge in [0.2, 0.25) is 0 Å². The number of carbonyl (C=O) groups excluding carboxylic acids is 2. The largest absolute Gasteiger partial charge is 0.480 e. The summed E-state index contributed by atoms with van der Waals surface area (Å²) in [6.45, 7) is 14.6. The molecule has 1 aliphatic heterocycles. The van der Waals surface area contributed by atoms with E-state index < -0.39 is 17.1 Å². The number of Topliss-reactive ketones (excluding diaryl/α,β-unsaturated/α-hetero) is 1. The van der Waals surface area contributed by atoms with Crippen molar-refractivity contribution in [3.63, 3.8) is 0 Å². The molecule has 29 heavy (non-hydrogen) atoms. The molecule has 1 rings (SSSR count). The zero-order chi connectivity index (χ0) is 22.0. The Morgan fingerprint density at radius 1 is 0.759 bits per heavy atom. The van der Waals surface area contributed by atoms with Gasteiger partial charge in [-0.3, -0.25) is 24.3 Å². The maximum Gasteiger partial charge on any atom is 0.317 e. The first kappa shape index (κ1) is 25.8. The van der Waals surface area contributed by atoms with E-state index in [0.29, 0.717) is 39.3 Å². The number of rotatable bonds is 7. The highest BCUT2D eigenvalue weighted by molar-refractivity contribution is 6.58. The van der Waals surface area contributed by atoms with Gasteiger partial charge in [-0.05, 0) is 6.54 Å². The number of carbonyl (C=O) groups is 3. The van der Waals surface area contributed by atoms with Crippen molar-refractivity contribution < 1.29 is 19.5 Å². The van der Waals surface area contributed by atoms with Gasteiger partial charge in [-0.25, -0.2) is 0 Å². The lowest BCUT2D eigenvalue weighted by Gasteiger charge is -2.34. The molecule has 1 heterocycles. The molecule has 0 spiro atoms. The van der Waals surface area contributed by atoms with E-state index in [1.807, 2.05) is 30.6 Å². The van der Waals surface area contributed by atoms with Crippen LogP contribution in [-0.4, -0.2) is 129 Å². The van der Waals surface area contributed by atoms with Crippen LogP contribution in [0.15, 0.2) is 0 Å². The van der Waals surface area contributed by atoms with E-state index in [-0.39, 0.29) is 18.9 Å². The van der Waals surface area contributed by atoms with Crippen molar-refractivity contribution >= 4 is 25.3 Å². The molecular weight excluding hydrogens is 371 g/mol. The van der Waals surface area contributed by atoms with E-state index >= 15 is 0 Å². The van der Waals surface area contributed by atoms with Gasteiger partial charge in [0, 0.05) is 64.3 Å². The summed E-state index contributed by atoms with van der Waals surface area (Å²) in [5, 5.41) is 9.19. The zero-order valence-corrected chi connectivity index (χ0v) is 18.5. The molecule has 1 fully saturated rings. The zero-order valence-electron chi connectivity index (χ0n) is 18.5. The van der Waals surface area contributed by atoms with Crippen LogP contribution in [0.3, 0.4) is 0 Å². The smallest absolute Gasteiger partial charge is 0.317 e. The van der Waals surface area contributed by atoms with Crippen LogP contribution < -0.4 is 0 Å². The minimum atomic E-state index is -0.853. The van der Waals surface area contributed by atoms with E-state index in [4.69, 9.17) is 7.85 Å². The van der Waals surface area contributed by atoms with Crippen molar-refractivity contribution in [1.29, 1.82) is 0 Å². The van der Waals surface area contributed by atoms with E-state index in [0.717, 1.165) is 26.2 Å². The summed E-state index contributed by atoms with van der Waals surface area (Å²) in [6.07, 6.45) is 0. The Morgan fingerprint density at radius 3 is 1.48 bits per heavy atom. The monoisotopic (exact) mass is 408 g/mol. The van der Waals surface area contributed by atoms with Gasteiger partial charge >= 0.3 is 5.97 Å². The SMILES string of the molecule is [B]C(=O)CN1CCN(CC(=O)O)CCN(CC)CCN(CC(=O)C(C)(C)C)CC1. The lowest BCUT2D eigenvalue weighted by atomic mass is 9.90. The van der Waals surface area contributed by atoms with E-state index in [9.17, 15) is 19.5 Å². The standard InChI is InChI=1S/C20H37BN4O4/c1-5-22-6-8-23(14-17(26)20(2,3)4)10-11-24(15-18(21)27)12-13-25(9-7-22)16-19(28)29/h5-16H2,1-4H3,(H,28,29). The third-order valence-electron chi connectivity index (χ3n) is 5.32. The summed E-state index contributed by atoms with van der Waals surface area (Å²) < 4.78 is 0. The first-order chi connectivity index (χ1) is 13.5. The minimum Gasteiger partial charge on any atom is -0.480 e. The number of nitrogens with zero attached hydrogens (tertiary/aromatic N) is 4. The Balaban J connectivity index is 2.90. The number of carboxylic acid groups (broad SMARTS) is 1. The molecule has 9 heteroatoms. The molecule has 1 N–H and O–H groups in total. The quantitative estimate of drug-likeness (QED) is 0.571. The second kappa shape index (κ2) is 12.4. The average Bonchev–Trinajstić information content (AvgIpc) is 2.60. The predicted molar refractivity (Wildman–Crippen MR) is 114 cm³/mol. The van der Waals surface area contributed by atoms with Gasteiger partial charge in [0.15, 0.2) is 13.6 Å². The van der Waals surface area contributed by atoms with Crippen LogP contribution in [0.5, 0.6) is 0 Å². The highest BCUT2D eigenvalue weighted by Gasteiger charge is 2.24. The van der Waals surface area contributed by atoms with Crippen LogP contribution in [0.1, 0.15) is 27.7 Å². The van der Waals surface area contributed by atoms with E-state index in [1.165, 1.54) is 0 Å². The molecule has 2 radical (unpaired) electrons. The minimum absolute atomic E-state index is 0.0197. The Hall–Kier alpha value is -1.29. The van der Waals surface area contributed by atoms with Gasteiger partial charge in [-0.1, -0.05) is 27.7 Å².